The van der Waals surface area contributed by atoms with E-state index in [0.29, 0.717) is 17.5 Å². The average molecular weight is 351 g/mol. The largest absolute Gasteiger partial charge is 0.380 e. The minimum absolute atomic E-state index is 0.0733. The number of hydrogen-bond acceptors (Lipinski definition) is 3. The van der Waals surface area contributed by atoms with Crippen molar-refractivity contribution in [2.75, 3.05) is 11.9 Å². The molecule has 1 fully saturated rings. The van der Waals surface area contributed by atoms with Crippen LogP contribution in [0.4, 0.5) is 5.69 Å². The second-order valence-corrected chi connectivity index (χ2v) is 7.69. The zero-order valence-corrected chi connectivity index (χ0v) is 14.7. The van der Waals surface area contributed by atoms with E-state index in [4.69, 9.17) is 4.74 Å². The predicted octanol–water partition coefficient (Wildman–Crippen LogP) is 4.57. The fourth-order valence-electron chi connectivity index (χ4n) is 2.64. The third-order valence-electron chi connectivity index (χ3n) is 4.24. The molecule has 0 heterocycles. The summed E-state index contributed by atoms with van der Waals surface area (Å²) in [6.45, 7) is 9.59. The summed E-state index contributed by atoms with van der Waals surface area (Å²) in [5, 5.41) is 12.7. The topological polar surface area (TPSA) is 45.0 Å². The average Bonchev–Trinajstić information content (AvgIpc) is 2.41. The lowest BCUT2D eigenvalue weighted by atomic mass is 9.64. The van der Waals surface area contributed by atoms with Crippen molar-refractivity contribution in [1.82, 2.24) is 0 Å². The fourth-order valence-corrected chi connectivity index (χ4v) is 3.00. The van der Waals surface area contributed by atoms with E-state index in [1.165, 1.54) is 0 Å². The van der Waals surface area contributed by atoms with Crippen LogP contribution in [0.25, 0.3) is 0 Å². The molecule has 21 heavy (non-hydrogen) atoms. The van der Waals surface area contributed by atoms with Gasteiger partial charge in [0.2, 0.25) is 0 Å². The van der Waals surface area contributed by atoms with E-state index in [1.807, 2.05) is 18.2 Å². The monoisotopic (exact) mass is 350 g/mol. The van der Waals surface area contributed by atoms with Crippen LogP contribution in [0.5, 0.6) is 0 Å². The molecule has 0 amide bonds. The maximum Gasteiger partial charge on any atom is 0.101 e. The normalized spacial score (nSPS) is 23.5. The first-order chi connectivity index (χ1) is 9.84. The van der Waals surface area contributed by atoms with Gasteiger partial charge in [-0.25, -0.2) is 0 Å². The van der Waals surface area contributed by atoms with Gasteiger partial charge in [-0.15, -0.1) is 0 Å². The summed E-state index contributed by atoms with van der Waals surface area (Å²) >= 11 is 3.46. The van der Waals surface area contributed by atoms with E-state index in [1.54, 1.807) is 0 Å². The van der Waals surface area contributed by atoms with E-state index >= 15 is 0 Å². The summed E-state index contributed by atoms with van der Waals surface area (Å²) < 4.78 is 6.97. The Hall–Kier alpha value is -1.05. The highest BCUT2D eigenvalue weighted by Gasteiger charge is 2.49. The molecule has 0 radical (unpaired) electrons. The number of ether oxygens (including phenoxy) is 1. The second-order valence-electron chi connectivity index (χ2n) is 6.77. The molecule has 0 aliphatic heterocycles. The Bertz CT molecular complexity index is 548. The van der Waals surface area contributed by atoms with Crippen molar-refractivity contribution < 1.29 is 4.74 Å². The first-order valence-corrected chi connectivity index (χ1v) is 8.21. The van der Waals surface area contributed by atoms with Crippen molar-refractivity contribution >= 4 is 21.6 Å². The first-order valence-electron chi connectivity index (χ1n) is 7.42. The molecule has 2 rings (SSSR count). The fraction of sp³-hybridized carbons (Fsp3) is 0.588. The van der Waals surface area contributed by atoms with E-state index in [-0.39, 0.29) is 11.5 Å². The van der Waals surface area contributed by atoms with E-state index in [0.717, 1.165) is 23.2 Å². The Labute approximate surface area is 135 Å². The highest BCUT2D eigenvalue weighted by atomic mass is 79.9. The quantitative estimate of drug-likeness (QED) is 0.845. The number of nitrogens with zero attached hydrogens (tertiary/aromatic N) is 1. The number of hydrogen-bond donors (Lipinski definition) is 1. The molecular weight excluding hydrogens is 328 g/mol. The molecule has 2 unspecified atom stereocenters. The van der Waals surface area contributed by atoms with Crippen LogP contribution in [-0.4, -0.2) is 18.8 Å². The van der Waals surface area contributed by atoms with Gasteiger partial charge in [-0.1, -0.05) is 43.6 Å². The van der Waals surface area contributed by atoms with Gasteiger partial charge in [0.25, 0.3) is 0 Å². The summed E-state index contributed by atoms with van der Waals surface area (Å²) in [5.74, 6) is 0.558. The van der Waals surface area contributed by atoms with Crippen LogP contribution >= 0.6 is 15.9 Å². The number of halogens is 1. The molecule has 1 N–H and O–H groups in total. The van der Waals surface area contributed by atoms with Crippen LogP contribution in [0.3, 0.4) is 0 Å². The molecule has 114 valence electrons. The van der Waals surface area contributed by atoms with Crippen molar-refractivity contribution in [1.29, 1.82) is 5.26 Å². The molecule has 1 aromatic rings. The number of nitriles is 1. The maximum atomic E-state index is 9.21. The lowest BCUT2D eigenvalue weighted by Gasteiger charge is -2.52. The first kappa shape index (κ1) is 16.3. The maximum absolute atomic E-state index is 9.21. The lowest BCUT2D eigenvalue weighted by molar-refractivity contribution is -0.108. The lowest BCUT2D eigenvalue weighted by Crippen LogP contribution is -2.58. The Balaban J connectivity index is 2.03. The molecule has 3 nitrogen and oxygen atoms in total. The SMILES string of the molecule is CC(C)COC1CC(Nc2cc(Br)ccc2C#N)C1(C)C. The molecule has 4 heteroatoms. The van der Waals surface area contributed by atoms with E-state index in [2.05, 4.69) is 55.0 Å². The minimum Gasteiger partial charge on any atom is -0.380 e. The van der Waals surface area contributed by atoms with E-state index in [9.17, 15) is 5.26 Å². The zero-order valence-electron chi connectivity index (χ0n) is 13.1. The van der Waals surface area contributed by atoms with Crippen molar-refractivity contribution in [2.45, 2.75) is 46.3 Å². The smallest absolute Gasteiger partial charge is 0.101 e. The molecule has 0 spiro atoms. The Kier molecular flexibility index (Phi) is 4.95. The van der Waals surface area contributed by atoms with Crippen LogP contribution in [0.1, 0.15) is 39.7 Å². The van der Waals surface area contributed by atoms with Gasteiger partial charge in [-0.3, -0.25) is 0 Å². The molecule has 1 aromatic carbocycles. The molecule has 0 saturated heterocycles. The summed E-state index contributed by atoms with van der Waals surface area (Å²) in [6, 6.07) is 8.27. The second kappa shape index (κ2) is 6.37. The van der Waals surface area contributed by atoms with Gasteiger partial charge in [0.05, 0.1) is 17.4 Å². The van der Waals surface area contributed by atoms with Crippen LogP contribution in [-0.2, 0) is 4.74 Å². The molecule has 1 aliphatic rings. The zero-order chi connectivity index (χ0) is 15.6. The van der Waals surface area contributed by atoms with Crippen LogP contribution in [0.15, 0.2) is 22.7 Å². The number of nitrogens with one attached hydrogen (secondary N) is 1. The highest BCUT2D eigenvalue weighted by molar-refractivity contribution is 9.10. The third kappa shape index (κ3) is 3.59. The van der Waals surface area contributed by atoms with Crippen molar-refractivity contribution in [3.63, 3.8) is 0 Å². The van der Waals surface area contributed by atoms with Gasteiger partial charge >= 0.3 is 0 Å². The molecule has 0 bridgehead atoms. The van der Waals surface area contributed by atoms with Crippen LogP contribution in [0, 0.1) is 22.7 Å². The van der Waals surface area contributed by atoms with Gasteiger partial charge < -0.3 is 10.1 Å². The van der Waals surface area contributed by atoms with Gasteiger partial charge in [-0.05, 0) is 30.5 Å². The highest BCUT2D eigenvalue weighted by Crippen LogP contribution is 2.45. The summed E-state index contributed by atoms with van der Waals surface area (Å²) in [6.07, 6.45) is 1.27. The third-order valence-corrected chi connectivity index (χ3v) is 4.73. The molecule has 1 aliphatic carbocycles. The van der Waals surface area contributed by atoms with Gasteiger partial charge in [-0.2, -0.15) is 5.26 Å². The summed E-state index contributed by atoms with van der Waals surface area (Å²) in [4.78, 5) is 0. The minimum atomic E-state index is 0.0733. The summed E-state index contributed by atoms with van der Waals surface area (Å²) in [7, 11) is 0. The molecule has 1 saturated carbocycles. The van der Waals surface area contributed by atoms with Gasteiger partial charge in [0, 0.05) is 22.5 Å². The Morgan fingerprint density at radius 3 is 2.76 bits per heavy atom. The van der Waals surface area contributed by atoms with Crippen molar-refractivity contribution in [3.05, 3.63) is 28.2 Å². The van der Waals surface area contributed by atoms with Crippen molar-refractivity contribution in [2.24, 2.45) is 11.3 Å². The standard InChI is InChI=1S/C17H23BrN2O/c1-11(2)10-21-16-8-15(17(16,3)4)20-14-7-13(18)6-5-12(14)9-19/h5-7,11,15-16,20H,8,10H2,1-4H3. The van der Waals surface area contributed by atoms with Gasteiger partial charge in [0.1, 0.15) is 6.07 Å². The van der Waals surface area contributed by atoms with Crippen LogP contribution in [0.2, 0.25) is 0 Å². The van der Waals surface area contributed by atoms with Crippen LogP contribution < -0.4 is 5.32 Å². The predicted molar refractivity (Wildman–Crippen MR) is 89.2 cm³/mol. The van der Waals surface area contributed by atoms with Gasteiger partial charge in [0.15, 0.2) is 0 Å². The summed E-state index contributed by atoms with van der Waals surface area (Å²) in [5.41, 5.74) is 1.65. The van der Waals surface area contributed by atoms with Crippen molar-refractivity contribution in [3.8, 4) is 6.07 Å². The Morgan fingerprint density at radius 1 is 1.48 bits per heavy atom. The molecular formula is C17H23BrN2O. The number of anilines is 1. The number of rotatable bonds is 5. The molecule has 2 atom stereocenters. The van der Waals surface area contributed by atoms with E-state index < -0.39 is 0 Å². The number of benzene rings is 1. The molecule has 0 aromatic heterocycles. The Morgan fingerprint density at radius 2 is 2.19 bits per heavy atom.